The molecule has 7 heteroatoms. The number of hydrogen-bond donors (Lipinski definition) is 1. The zero-order valence-corrected chi connectivity index (χ0v) is 17.0. The summed E-state index contributed by atoms with van der Waals surface area (Å²) >= 11 is 0. The van der Waals surface area contributed by atoms with Crippen molar-refractivity contribution in [2.75, 3.05) is 26.2 Å². The quantitative estimate of drug-likeness (QED) is 0.877. The van der Waals surface area contributed by atoms with Crippen LogP contribution in [0.3, 0.4) is 0 Å². The van der Waals surface area contributed by atoms with Crippen LogP contribution >= 0.6 is 0 Å². The summed E-state index contributed by atoms with van der Waals surface area (Å²) in [5, 5.41) is 7.59. The van der Waals surface area contributed by atoms with Gasteiger partial charge < -0.3 is 15.1 Å². The number of piperazine rings is 1. The molecule has 0 bridgehead atoms. The van der Waals surface area contributed by atoms with Crippen molar-refractivity contribution in [3.8, 4) is 0 Å². The molecule has 1 aromatic heterocycles. The monoisotopic (exact) mass is 375 g/mol. The summed E-state index contributed by atoms with van der Waals surface area (Å²) in [6, 6.07) is 0.368. The molecule has 0 atom stereocenters. The molecule has 1 saturated carbocycles. The fraction of sp³-hybridized carbons (Fsp3) is 0.750. The van der Waals surface area contributed by atoms with Crippen molar-refractivity contribution in [2.24, 2.45) is 7.05 Å². The molecule has 2 heterocycles. The molecule has 0 aromatic carbocycles. The normalized spacial score (nSPS) is 18.6. The number of aromatic nitrogens is 2. The third-order valence-electron chi connectivity index (χ3n) is 6.10. The molecule has 0 radical (unpaired) electrons. The van der Waals surface area contributed by atoms with Crippen LogP contribution in [0.25, 0.3) is 0 Å². The second-order valence-corrected chi connectivity index (χ2v) is 7.93. The molecule has 7 nitrogen and oxygen atoms in total. The summed E-state index contributed by atoms with van der Waals surface area (Å²) < 4.78 is 1.87. The van der Waals surface area contributed by atoms with Crippen LogP contribution in [0, 0.1) is 13.8 Å². The smallest absolute Gasteiger partial charge is 0.317 e. The Morgan fingerprint density at radius 2 is 1.67 bits per heavy atom. The van der Waals surface area contributed by atoms with Gasteiger partial charge in [0.25, 0.3) is 0 Å². The number of carbonyl (C=O) groups is 2. The molecular formula is C20H33N5O2. The van der Waals surface area contributed by atoms with Gasteiger partial charge in [0.15, 0.2) is 0 Å². The molecule has 1 aliphatic heterocycles. The van der Waals surface area contributed by atoms with Crippen LogP contribution in [0.5, 0.6) is 0 Å². The van der Waals surface area contributed by atoms with E-state index in [0.717, 1.165) is 30.7 Å². The summed E-state index contributed by atoms with van der Waals surface area (Å²) in [6.07, 6.45) is 7.13. The lowest BCUT2D eigenvalue weighted by molar-refractivity contribution is -0.132. The van der Waals surface area contributed by atoms with E-state index in [1.807, 2.05) is 35.4 Å². The van der Waals surface area contributed by atoms with Gasteiger partial charge >= 0.3 is 6.03 Å². The minimum absolute atomic E-state index is 0.0376. The first kappa shape index (κ1) is 19.7. The van der Waals surface area contributed by atoms with Gasteiger partial charge in [0, 0.05) is 51.4 Å². The van der Waals surface area contributed by atoms with E-state index in [0.29, 0.717) is 38.6 Å². The molecule has 1 aliphatic carbocycles. The summed E-state index contributed by atoms with van der Waals surface area (Å²) in [6.45, 7) is 6.54. The van der Waals surface area contributed by atoms with Crippen LogP contribution in [0.4, 0.5) is 4.79 Å². The van der Waals surface area contributed by atoms with Crippen molar-refractivity contribution < 1.29 is 9.59 Å². The molecule has 27 heavy (non-hydrogen) atoms. The Balaban J connectivity index is 1.42. The lowest BCUT2D eigenvalue weighted by Crippen LogP contribution is -2.54. The Bertz CT molecular complexity index is 670. The van der Waals surface area contributed by atoms with Crippen LogP contribution in [0.15, 0.2) is 0 Å². The highest BCUT2D eigenvalue weighted by Crippen LogP contribution is 2.18. The lowest BCUT2D eigenvalue weighted by atomic mass is 9.96. The van der Waals surface area contributed by atoms with Crippen molar-refractivity contribution in [3.63, 3.8) is 0 Å². The summed E-state index contributed by atoms with van der Waals surface area (Å²) in [5.41, 5.74) is 3.31. The van der Waals surface area contributed by atoms with Gasteiger partial charge in [-0.05, 0) is 38.7 Å². The van der Waals surface area contributed by atoms with Gasteiger partial charge in [-0.3, -0.25) is 9.48 Å². The highest BCUT2D eigenvalue weighted by atomic mass is 16.2. The Hall–Kier alpha value is -2.05. The second kappa shape index (κ2) is 8.76. The molecule has 2 aliphatic rings. The van der Waals surface area contributed by atoms with E-state index in [4.69, 9.17) is 0 Å². The predicted molar refractivity (Wildman–Crippen MR) is 105 cm³/mol. The molecule has 3 amide bonds. The molecule has 1 saturated heterocycles. The maximum absolute atomic E-state index is 12.6. The molecule has 1 N–H and O–H groups in total. The van der Waals surface area contributed by atoms with E-state index < -0.39 is 0 Å². The van der Waals surface area contributed by atoms with Gasteiger partial charge in [-0.15, -0.1) is 0 Å². The number of hydrogen-bond acceptors (Lipinski definition) is 3. The molecule has 0 unspecified atom stereocenters. The molecule has 0 spiro atoms. The Morgan fingerprint density at radius 3 is 2.26 bits per heavy atom. The molecule has 1 aromatic rings. The number of aryl methyl sites for hydroxylation is 2. The van der Waals surface area contributed by atoms with Crippen molar-refractivity contribution in [3.05, 3.63) is 17.0 Å². The fourth-order valence-electron chi connectivity index (χ4n) is 4.24. The number of nitrogens with one attached hydrogen (secondary N) is 1. The summed E-state index contributed by atoms with van der Waals surface area (Å²) in [4.78, 5) is 28.8. The number of urea groups is 1. The van der Waals surface area contributed by atoms with Crippen LogP contribution in [0.2, 0.25) is 0 Å². The first-order chi connectivity index (χ1) is 13.0. The largest absolute Gasteiger partial charge is 0.339 e. The van der Waals surface area contributed by atoms with Gasteiger partial charge in [-0.1, -0.05) is 19.3 Å². The Morgan fingerprint density at radius 1 is 1.04 bits per heavy atom. The van der Waals surface area contributed by atoms with E-state index in [1.54, 1.807) is 0 Å². The van der Waals surface area contributed by atoms with Crippen LogP contribution in [-0.2, 0) is 18.3 Å². The molecule has 150 valence electrons. The van der Waals surface area contributed by atoms with Crippen molar-refractivity contribution >= 4 is 11.9 Å². The van der Waals surface area contributed by atoms with E-state index in [1.165, 1.54) is 24.8 Å². The average molecular weight is 376 g/mol. The van der Waals surface area contributed by atoms with Crippen LogP contribution < -0.4 is 5.32 Å². The predicted octanol–water partition coefficient (Wildman–Crippen LogP) is 2.16. The number of amides is 3. The van der Waals surface area contributed by atoms with Crippen molar-refractivity contribution in [1.29, 1.82) is 0 Å². The molecular weight excluding hydrogens is 342 g/mol. The Labute approximate surface area is 162 Å². The minimum atomic E-state index is 0.0376. The van der Waals surface area contributed by atoms with Crippen LogP contribution in [0.1, 0.15) is 55.5 Å². The highest BCUT2D eigenvalue weighted by molar-refractivity contribution is 5.78. The molecule has 2 fully saturated rings. The van der Waals surface area contributed by atoms with E-state index >= 15 is 0 Å². The maximum Gasteiger partial charge on any atom is 0.317 e. The highest BCUT2D eigenvalue weighted by Gasteiger charge is 2.26. The van der Waals surface area contributed by atoms with Crippen molar-refractivity contribution in [2.45, 2.75) is 64.8 Å². The average Bonchev–Trinajstić information content (AvgIpc) is 2.92. The van der Waals surface area contributed by atoms with Crippen molar-refractivity contribution in [1.82, 2.24) is 24.9 Å². The maximum atomic E-state index is 12.6. The lowest BCUT2D eigenvalue weighted by Gasteiger charge is -2.36. The van der Waals surface area contributed by atoms with E-state index in [2.05, 4.69) is 10.4 Å². The van der Waals surface area contributed by atoms with Gasteiger partial charge in [-0.25, -0.2) is 4.79 Å². The van der Waals surface area contributed by atoms with Gasteiger partial charge in [-0.2, -0.15) is 5.10 Å². The molecule has 3 rings (SSSR count). The second-order valence-electron chi connectivity index (χ2n) is 7.93. The minimum Gasteiger partial charge on any atom is -0.339 e. The SMILES string of the molecule is Cc1nn(C)c(C)c1CCC(=O)N1CCN(C(=O)NC2CCCCC2)CC1. The van der Waals surface area contributed by atoms with Crippen LogP contribution in [-0.4, -0.2) is 63.7 Å². The number of nitrogens with zero attached hydrogens (tertiary/aromatic N) is 4. The fourth-order valence-corrected chi connectivity index (χ4v) is 4.24. The summed E-state index contributed by atoms with van der Waals surface area (Å²) in [7, 11) is 1.94. The number of rotatable bonds is 4. The van der Waals surface area contributed by atoms with Gasteiger partial charge in [0.2, 0.25) is 5.91 Å². The Kier molecular flexibility index (Phi) is 6.39. The third kappa shape index (κ3) is 4.82. The van der Waals surface area contributed by atoms with E-state index in [-0.39, 0.29) is 11.9 Å². The number of carbonyl (C=O) groups excluding carboxylic acids is 2. The van der Waals surface area contributed by atoms with Gasteiger partial charge in [0.1, 0.15) is 0 Å². The third-order valence-corrected chi connectivity index (χ3v) is 6.10. The summed E-state index contributed by atoms with van der Waals surface area (Å²) in [5.74, 6) is 0.171. The van der Waals surface area contributed by atoms with E-state index in [9.17, 15) is 9.59 Å². The standard InChI is InChI=1S/C20H33N5O2/c1-15-18(16(2)23(3)22-15)9-10-19(26)24-11-13-25(14-12-24)20(27)21-17-7-5-4-6-8-17/h17H,4-14H2,1-3H3,(H,21,27). The zero-order valence-electron chi connectivity index (χ0n) is 17.0. The van der Waals surface area contributed by atoms with Gasteiger partial charge in [0.05, 0.1) is 5.69 Å². The topological polar surface area (TPSA) is 70.5 Å². The zero-order chi connectivity index (χ0) is 19.4. The first-order valence-electron chi connectivity index (χ1n) is 10.3. The first-order valence-corrected chi connectivity index (χ1v) is 10.3.